The van der Waals surface area contributed by atoms with E-state index in [1.54, 1.807) is 24.0 Å². The van der Waals surface area contributed by atoms with Gasteiger partial charge in [0.25, 0.3) is 0 Å². The summed E-state index contributed by atoms with van der Waals surface area (Å²) in [4.78, 5) is 13.6. The van der Waals surface area contributed by atoms with Gasteiger partial charge in [0.05, 0.1) is 4.47 Å². The number of nitrogens with one attached hydrogen (secondary N) is 1. The van der Waals surface area contributed by atoms with E-state index in [1.165, 1.54) is 0 Å². The molecule has 1 fully saturated rings. The maximum atomic E-state index is 13.6. The molecule has 1 heterocycles. The fourth-order valence-corrected chi connectivity index (χ4v) is 2.33. The van der Waals surface area contributed by atoms with Gasteiger partial charge in [-0.15, -0.1) is 0 Å². The van der Waals surface area contributed by atoms with Crippen molar-refractivity contribution in [3.63, 3.8) is 0 Å². The number of amides is 2. The Morgan fingerprint density at radius 1 is 1.41 bits per heavy atom. The molecule has 5 heteroatoms. The van der Waals surface area contributed by atoms with E-state index in [1.807, 2.05) is 0 Å². The van der Waals surface area contributed by atoms with Crippen LogP contribution in [0.3, 0.4) is 0 Å². The summed E-state index contributed by atoms with van der Waals surface area (Å²) in [6.45, 7) is 3.22. The molecule has 92 valence electrons. The van der Waals surface area contributed by atoms with Crippen LogP contribution in [0.25, 0.3) is 0 Å². The Hall–Kier alpha value is -1.10. The molecule has 0 radical (unpaired) electrons. The number of likely N-dealkylation sites (tertiary alicyclic amines) is 1. The van der Waals surface area contributed by atoms with Crippen LogP contribution in [-0.4, -0.2) is 24.0 Å². The van der Waals surface area contributed by atoms with Crippen LogP contribution in [0.5, 0.6) is 0 Å². The smallest absolute Gasteiger partial charge is 0.321 e. The van der Waals surface area contributed by atoms with Gasteiger partial charge >= 0.3 is 6.03 Å². The van der Waals surface area contributed by atoms with Crippen molar-refractivity contribution in [1.82, 2.24) is 4.90 Å². The molecule has 1 saturated heterocycles. The quantitative estimate of drug-likeness (QED) is 0.845. The maximum Gasteiger partial charge on any atom is 0.321 e. The Labute approximate surface area is 108 Å². The van der Waals surface area contributed by atoms with Crippen molar-refractivity contribution >= 4 is 27.6 Å². The van der Waals surface area contributed by atoms with E-state index >= 15 is 0 Å². The van der Waals surface area contributed by atoms with Crippen molar-refractivity contribution in [2.24, 2.45) is 0 Å². The fourth-order valence-electron chi connectivity index (χ4n) is 1.90. The third kappa shape index (κ3) is 2.60. The average molecular weight is 301 g/mol. The third-order valence-corrected chi connectivity index (χ3v) is 3.59. The summed E-state index contributed by atoms with van der Waals surface area (Å²) >= 11 is 3.11. The lowest BCUT2D eigenvalue weighted by Gasteiger charge is -2.17. The predicted molar refractivity (Wildman–Crippen MR) is 68.7 cm³/mol. The minimum atomic E-state index is -0.329. The molecule has 1 aliphatic heterocycles. The Balaban J connectivity index is 2.13. The van der Waals surface area contributed by atoms with Crippen LogP contribution in [-0.2, 0) is 0 Å². The Morgan fingerprint density at radius 3 is 2.71 bits per heavy atom. The molecule has 0 saturated carbocycles. The highest BCUT2D eigenvalue weighted by Gasteiger charge is 2.19. The van der Waals surface area contributed by atoms with Crippen molar-refractivity contribution in [1.29, 1.82) is 0 Å². The fraction of sp³-hybridized carbons (Fsp3) is 0.417. The number of hydrogen-bond acceptors (Lipinski definition) is 1. The second-order valence-corrected chi connectivity index (χ2v) is 5.01. The van der Waals surface area contributed by atoms with Crippen molar-refractivity contribution < 1.29 is 9.18 Å². The Bertz CT molecular complexity index is 444. The van der Waals surface area contributed by atoms with E-state index in [2.05, 4.69) is 21.2 Å². The second kappa shape index (κ2) is 5.04. The number of nitrogens with zero attached hydrogens (tertiary/aromatic N) is 1. The molecule has 0 aromatic heterocycles. The molecule has 3 nitrogen and oxygen atoms in total. The topological polar surface area (TPSA) is 32.3 Å². The van der Waals surface area contributed by atoms with Crippen molar-refractivity contribution in [2.75, 3.05) is 18.4 Å². The predicted octanol–water partition coefficient (Wildman–Crippen LogP) is 3.52. The van der Waals surface area contributed by atoms with Gasteiger partial charge in [-0.3, -0.25) is 0 Å². The lowest BCUT2D eigenvalue weighted by molar-refractivity contribution is 0.222. The monoisotopic (exact) mass is 300 g/mol. The Kier molecular flexibility index (Phi) is 3.66. The molecule has 1 N–H and O–H groups in total. The van der Waals surface area contributed by atoms with Crippen LogP contribution in [0.15, 0.2) is 16.6 Å². The molecule has 0 bridgehead atoms. The van der Waals surface area contributed by atoms with Gasteiger partial charge in [-0.25, -0.2) is 9.18 Å². The zero-order valence-electron chi connectivity index (χ0n) is 9.59. The number of anilines is 1. The molecule has 0 spiro atoms. The van der Waals surface area contributed by atoms with Gasteiger partial charge in [-0.1, -0.05) is 0 Å². The number of carbonyl (C=O) groups excluding carboxylic acids is 1. The summed E-state index contributed by atoms with van der Waals surface area (Å²) in [5.74, 6) is -0.329. The number of carbonyl (C=O) groups is 1. The second-order valence-electron chi connectivity index (χ2n) is 4.16. The summed E-state index contributed by atoms with van der Waals surface area (Å²) in [7, 11) is 0. The summed E-state index contributed by atoms with van der Waals surface area (Å²) < 4.78 is 14.0. The number of benzene rings is 1. The normalized spacial score (nSPS) is 15.1. The van der Waals surface area contributed by atoms with E-state index in [9.17, 15) is 9.18 Å². The highest BCUT2D eigenvalue weighted by molar-refractivity contribution is 9.10. The van der Waals surface area contributed by atoms with Crippen LogP contribution in [0.2, 0.25) is 0 Å². The highest BCUT2D eigenvalue weighted by atomic mass is 79.9. The molecular formula is C12H14BrFN2O. The first-order valence-corrected chi connectivity index (χ1v) is 6.39. The Morgan fingerprint density at radius 2 is 2.06 bits per heavy atom. The average Bonchev–Trinajstić information content (AvgIpc) is 2.83. The van der Waals surface area contributed by atoms with Gasteiger partial charge in [0, 0.05) is 24.3 Å². The number of halogens is 2. The lowest BCUT2D eigenvalue weighted by atomic mass is 10.2. The van der Waals surface area contributed by atoms with Gasteiger partial charge < -0.3 is 10.2 Å². The molecule has 1 aromatic carbocycles. The van der Waals surface area contributed by atoms with E-state index in [-0.39, 0.29) is 11.8 Å². The van der Waals surface area contributed by atoms with Crippen LogP contribution in [0.4, 0.5) is 14.9 Å². The molecule has 1 aromatic rings. The number of urea groups is 1. The van der Waals surface area contributed by atoms with Crippen molar-refractivity contribution in [3.05, 3.63) is 28.0 Å². The molecule has 0 aliphatic carbocycles. The standard InChI is InChI=1S/C12H14BrFN2O/c1-8-10(5-4-9(13)11(8)14)15-12(17)16-6-2-3-7-16/h4-5H,2-3,6-7H2,1H3,(H,15,17). The summed E-state index contributed by atoms with van der Waals surface area (Å²) in [6.07, 6.45) is 2.09. The zero-order valence-corrected chi connectivity index (χ0v) is 11.2. The van der Waals surface area contributed by atoms with Gasteiger partial charge in [0.15, 0.2) is 0 Å². The highest BCUT2D eigenvalue weighted by Crippen LogP contribution is 2.25. The summed E-state index contributed by atoms with van der Waals surface area (Å²) in [5.41, 5.74) is 0.981. The first-order chi connectivity index (χ1) is 8.09. The largest absolute Gasteiger partial charge is 0.325 e. The zero-order chi connectivity index (χ0) is 12.4. The summed E-state index contributed by atoms with van der Waals surface area (Å²) in [6, 6.07) is 3.16. The van der Waals surface area contributed by atoms with Crippen molar-refractivity contribution in [2.45, 2.75) is 19.8 Å². The van der Waals surface area contributed by atoms with Gasteiger partial charge in [0.2, 0.25) is 0 Å². The van der Waals surface area contributed by atoms with Crippen LogP contribution >= 0.6 is 15.9 Å². The third-order valence-electron chi connectivity index (χ3n) is 2.97. The van der Waals surface area contributed by atoms with E-state index < -0.39 is 0 Å². The molecule has 0 atom stereocenters. The molecule has 0 unspecified atom stereocenters. The lowest BCUT2D eigenvalue weighted by Crippen LogP contribution is -2.32. The number of rotatable bonds is 1. The van der Waals surface area contributed by atoms with Crippen LogP contribution in [0.1, 0.15) is 18.4 Å². The van der Waals surface area contributed by atoms with Gasteiger partial charge in [0.1, 0.15) is 5.82 Å². The first kappa shape index (κ1) is 12.4. The molecular weight excluding hydrogens is 287 g/mol. The van der Waals surface area contributed by atoms with E-state index in [0.717, 1.165) is 25.9 Å². The molecule has 17 heavy (non-hydrogen) atoms. The summed E-state index contributed by atoms with van der Waals surface area (Å²) in [5, 5.41) is 2.75. The minimum absolute atomic E-state index is 0.146. The van der Waals surface area contributed by atoms with Crippen molar-refractivity contribution in [3.8, 4) is 0 Å². The minimum Gasteiger partial charge on any atom is -0.325 e. The van der Waals surface area contributed by atoms with E-state index in [4.69, 9.17) is 0 Å². The van der Waals surface area contributed by atoms with Gasteiger partial charge in [-0.2, -0.15) is 0 Å². The van der Waals surface area contributed by atoms with E-state index in [0.29, 0.717) is 15.7 Å². The number of hydrogen-bond donors (Lipinski definition) is 1. The molecule has 2 rings (SSSR count). The van der Waals surface area contributed by atoms with Crippen LogP contribution < -0.4 is 5.32 Å². The maximum absolute atomic E-state index is 13.6. The molecule has 1 aliphatic rings. The van der Waals surface area contributed by atoms with Crippen LogP contribution in [0, 0.1) is 12.7 Å². The SMILES string of the molecule is Cc1c(NC(=O)N2CCCC2)ccc(Br)c1F. The van der Waals surface area contributed by atoms with Gasteiger partial charge in [-0.05, 0) is 47.8 Å². The molecule has 2 amide bonds. The first-order valence-electron chi connectivity index (χ1n) is 5.60.